The van der Waals surface area contributed by atoms with Gasteiger partial charge in [-0.05, 0) is 11.6 Å². The molecule has 2 nitrogen and oxygen atoms in total. The first-order valence-electron chi connectivity index (χ1n) is 4.10. The molecule has 0 saturated carbocycles. The third-order valence-electron chi connectivity index (χ3n) is 2.00. The molecule has 0 fully saturated rings. The van der Waals surface area contributed by atoms with E-state index >= 15 is 0 Å². The van der Waals surface area contributed by atoms with Gasteiger partial charge in [0.05, 0.1) is 11.7 Å². The van der Waals surface area contributed by atoms with Crippen LogP contribution in [0.3, 0.4) is 0 Å². The maximum atomic E-state index is 4.01. The fraction of sp³-hybridized carbons (Fsp3) is 0.222. The van der Waals surface area contributed by atoms with Crippen molar-refractivity contribution < 1.29 is 0 Å². The lowest BCUT2D eigenvalue weighted by molar-refractivity contribution is 1.12. The van der Waals surface area contributed by atoms with Gasteiger partial charge in [0.2, 0.25) is 0 Å². The minimum Gasteiger partial charge on any atom is -0.278 e. The highest BCUT2D eigenvalue weighted by Gasteiger charge is 2.00. The molecule has 2 rings (SSSR count). The third-order valence-corrected chi connectivity index (χ3v) is 2.00. The largest absolute Gasteiger partial charge is 0.278 e. The Labute approximate surface area is 72.2 Å². The molecular formula is C9H10BN2. The van der Waals surface area contributed by atoms with Crippen LogP contribution in [-0.4, -0.2) is 17.5 Å². The molecule has 1 N–H and O–H groups in total. The smallest absolute Gasteiger partial charge is 0.111 e. The van der Waals surface area contributed by atoms with Gasteiger partial charge in [-0.2, -0.15) is 5.10 Å². The number of fused-ring (bicyclic) bond motifs is 1. The van der Waals surface area contributed by atoms with Crippen LogP contribution in [0, 0.1) is 0 Å². The molecule has 59 valence electrons. The van der Waals surface area contributed by atoms with Crippen LogP contribution in [-0.2, 0) is 6.32 Å². The second-order valence-corrected chi connectivity index (χ2v) is 2.86. The van der Waals surface area contributed by atoms with Crippen LogP contribution < -0.4 is 0 Å². The van der Waals surface area contributed by atoms with Crippen molar-refractivity contribution in [3.8, 4) is 0 Å². The molecule has 0 bridgehead atoms. The minimum atomic E-state index is 1.01. The van der Waals surface area contributed by atoms with E-state index in [9.17, 15) is 0 Å². The Morgan fingerprint density at radius 3 is 3.25 bits per heavy atom. The van der Waals surface area contributed by atoms with E-state index < -0.39 is 0 Å². The summed E-state index contributed by atoms with van der Waals surface area (Å²) in [5.74, 6) is 0. The van der Waals surface area contributed by atoms with Gasteiger partial charge in [-0.3, -0.25) is 5.10 Å². The Morgan fingerprint density at radius 2 is 2.42 bits per heavy atom. The molecule has 0 aliphatic rings. The first kappa shape index (κ1) is 7.41. The predicted octanol–water partition coefficient (Wildman–Crippen LogP) is 1.82. The summed E-state index contributed by atoms with van der Waals surface area (Å²) in [5, 5.41) is 8.19. The van der Waals surface area contributed by atoms with E-state index in [0.29, 0.717) is 0 Å². The van der Waals surface area contributed by atoms with Crippen LogP contribution in [0.4, 0.5) is 0 Å². The molecule has 2 aromatic rings. The van der Waals surface area contributed by atoms with E-state index in [1.54, 1.807) is 0 Å². The van der Waals surface area contributed by atoms with Crippen molar-refractivity contribution in [2.45, 2.75) is 13.1 Å². The van der Waals surface area contributed by atoms with Crippen LogP contribution >= 0.6 is 0 Å². The number of rotatable bonds is 2. The van der Waals surface area contributed by atoms with Crippen molar-refractivity contribution in [2.24, 2.45) is 0 Å². The van der Waals surface area contributed by atoms with Gasteiger partial charge in [-0.1, -0.05) is 25.3 Å². The molecule has 1 heterocycles. The molecule has 1 aromatic heterocycles. The molecule has 1 radical (unpaired) electrons. The van der Waals surface area contributed by atoms with E-state index in [4.69, 9.17) is 0 Å². The highest BCUT2D eigenvalue weighted by atomic mass is 15.1. The maximum Gasteiger partial charge on any atom is 0.111 e. The lowest BCUT2D eigenvalue weighted by Gasteiger charge is -1.98. The fourth-order valence-corrected chi connectivity index (χ4v) is 1.43. The maximum absolute atomic E-state index is 4.01. The molecule has 0 spiro atoms. The number of aromatic nitrogens is 2. The van der Waals surface area contributed by atoms with E-state index in [1.165, 1.54) is 10.9 Å². The van der Waals surface area contributed by atoms with Gasteiger partial charge >= 0.3 is 0 Å². The summed E-state index contributed by atoms with van der Waals surface area (Å²) < 4.78 is 0. The summed E-state index contributed by atoms with van der Waals surface area (Å²) in [6.07, 6.45) is 2.89. The second-order valence-electron chi connectivity index (χ2n) is 2.86. The molecule has 1 aromatic carbocycles. The predicted molar refractivity (Wildman–Crippen MR) is 51.4 cm³/mol. The normalized spacial score (nSPS) is 10.4. The van der Waals surface area contributed by atoms with Crippen molar-refractivity contribution in [1.29, 1.82) is 0 Å². The standard InChI is InChI=1S/C9H10BN2/c1-10-5-7-3-2-4-9-8(7)6-11-12-9/h2-4,6H,5H2,1H3,(H,11,12). The average molecular weight is 157 g/mol. The Balaban J connectivity index is 2.57. The van der Waals surface area contributed by atoms with Crippen LogP contribution in [0.25, 0.3) is 10.9 Å². The number of hydrogen-bond acceptors (Lipinski definition) is 1. The molecule has 0 aliphatic heterocycles. The van der Waals surface area contributed by atoms with Gasteiger partial charge < -0.3 is 0 Å². The number of nitrogens with zero attached hydrogens (tertiary/aromatic N) is 1. The second kappa shape index (κ2) is 3.01. The summed E-state index contributed by atoms with van der Waals surface area (Å²) >= 11 is 0. The van der Waals surface area contributed by atoms with Gasteiger partial charge in [0.1, 0.15) is 7.28 Å². The van der Waals surface area contributed by atoms with E-state index in [1.807, 2.05) is 12.3 Å². The number of H-pyrrole nitrogens is 1. The number of hydrogen-bond donors (Lipinski definition) is 1. The first-order valence-corrected chi connectivity index (χ1v) is 4.10. The Bertz CT molecular complexity index is 381. The number of nitrogens with one attached hydrogen (secondary N) is 1. The highest BCUT2D eigenvalue weighted by Crippen LogP contribution is 2.15. The van der Waals surface area contributed by atoms with Crippen molar-refractivity contribution >= 4 is 18.2 Å². The van der Waals surface area contributed by atoms with E-state index in [2.05, 4.69) is 36.4 Å². The van der Waals surface area contributed by atoms with Crippen LogP contribution in [0.15, 0.2) is 24.4 Å². The first-order chi connectivity index (χ1) is 5.92. The van der Waals surface area contributed by atoms with Gasteiger partial charge in [0.15, 0.2) is 0 Å². The van der Waals surface area contributed by atoms with Crippen molar-refractivity contribution in [2.75, 3.05) is 0 Å². The average Bonchev–Trinajstić information content (AvgIpc) is 2.53. The molecule has 0 amide bonds. The Hall–Kier alpha value is -1.25. The molecular weight excluding hydrogens is 147 g/mol. The fourth-order valence-electron chi connectivity index (χ4n) is 1.43. The summed E-state index contributed by atoms with van der Waals surface area (Å²) in [7, 11) is 2.15. The zero-order valence-corrected chi connectivity index (χ0v) is 7.04. The van der Waals surface area contributed by atoms with Crippen molar-refractivity contribution in [3.63, 3.8) is 0 Å². The lowest BCUT2D eigenvalue weighted by Crippen LogP contribution is -1.90. The van der Waals surface area contributed by atoms with Crippen LogP contribution in [0.5, 0.6) is 0 Å². The van der Waals surface area contributed by atoms with Crippen molar-refractivity contribution in [3.05, 3.63) is 30.0 Å². The summed E-state index contributed by atoms with van der Waals surface area (Å²) in [6.45, 7) is 2.07. The molecule has 3 heteroatoms. The van der Waals surface area contributed by atoms with Crippen LogP contribution in [0.2, 0.25) is 6.82 Å². The number of aromatic amines is 1. The quantitative estimate of drug-likeness (QED) is 0.661. The molecule has 12 heavy (non-hydrogen) atoms. The minimum absolute atomic E-state index is 1.01. The molecule has 0 atom stereocenters. The summed E-state index contributed by atoms with van der Waals surface area (Å²) in [6, 6.07) is 6.23. The highest BCUT2D eigenvalue weighted by molar-refractivity contribution is 6.33. The molecule has 0 aliphatic carbocycles. The van der Waals surface area contributed by atoms with Crippen LogP contribution in [0.1, 0.15) is 5.56 Å². The van der Waals surface area contributed by atoms with E-state index in [-0.39, 0.29) is 0 Å². The number of benzene rings is 1. The zero-order valence-electron chi connectivity index (χ0n) is 7.04. The summed E-state index contributed by atoms with van der Waals surface area (Å²) in [5.41, 5.74) is 2.46. The van der Waals surface area contributed by atoms with Gasteiger partial charge in [-0.15, -0.1) is 0 Å². The molecule has 0 saturated heterocycles. The topological polar surface area (TPSA) is 28.7 Å². The Morgan fingerprint density at radius 1 is 1.50 bits per heavy atom. The van der Waals surface area contributed by atoms with Gasteiger partial charge in [0, 0.05) is 5.39 Å². The zero-order chi connectivity index (χ0) is 8.39. The van der Waals surface area contributed by atoms with Gasteiger partial charge in [0.25, 0.3) is 0 Å². The Kier molecular flexibility index (Phi) is 1.86. The third kappa shape index (κ3) is 1.11. The SMILES string of the molecule is C[B]Cc1cccc2[nH]ncc12. The summed E-state index contributed by atoms with van der Waals surface area (Å²) in [4.78, 5) is 0. The monoisotopic (exact) mass is 157 g/mol. The van der Waals surface area contributed by atoms with Gasteiger partial charge in [-0.25, -0.2) is 0 Å². The molecule has 0 unspecified atom stereocenters. The lowest BCUT2D eigenvalue weighted by atomic mass is 9.74. The van der Waals surface area contributed by atoms with E-state index in [0.717, 1.165) is 11.8 Å². The van der Waals surface area contributed by atoms with Crippen molar-refractivity contribution in [1.82, 2.24) is 10.2 Å².